The summed E-state index contributed by atoms with van der Waals surface area (Å²) >= 11 is 0. The van der Waals surface area contributed by atoms with E-state index in [0.29, 0.717) is 12.0 Å². The summed E-state index contributed by atoms with van der Waals surface area (Å²) in [7, 11) is 0. The van der Waals surface area contributed by atoms with Gasteiger partial charge in [0.05, 0.1) is 11.8 Å². The molecule has 0 spiro atoms. The number of aromatic nitrogens is 2. The number of rotatable bonds is 5. The Labute approximate surface area is 119 Å². The van der Waals surface area contributed by atoms with Crippen LogP contribution >= 0.6 is 0 Å². The summed E-state index contributed by atoms with van der Waals surface area (Å²) in [5.41, 5.74) is 2.00. The van der Waals surface area contributed by atoms with Gasteiger partial charge in [-0.1, -0.05) is 0 Å². The fourth-order valence-corrected chi connectivity index (χ4v) is 1.98. The molecule has 0 bridgehead atoms. The molecule has 1 saturated carbocycles. The van der Waals surface area contributed by atoms with Crippen LogP contribution in [0, 0.1) is 0 Å². The summed E-state index contributed by atoms with van der Waals surface area (Å²) in [6.07, 6.45) is 4.42. The van der Waals surface area contributed by atoms with E-state index < -0.39 is 0 Å². The molecule has 4 heteroatoms. The van der Waals surface area contributed by atoms with Crippen LogP contribution in [-0.2, 0) is 0 Å². The van der Waals surface area contributed by atoms with Crippen molar-refractivity contribution >= 4 is 5.95 Å². The molecule has 1 N–H and O–H groups in total. The summed E-state index contributed by atoms with van der Waals surface area (Å²) in [6, 6.07) is 10.5. The highest BCUT2D eigenvalue weighted by atomic mass is 16.5. The standard InChI is InChI=1S/C16H19N3O/c1-11(2)20-14-7-3-12(4-8-14)15-9-10-17-16(19-15)18-13-5-6-13/h3-4,7-11,13H,5-6H2,1-2H3,(H,17,18,19). The number of ether oxygens (including phenoxy) is 1. The van der Waals surface area contributed by atoms with Crippen molar-refractivity contribution in [3.63, 3.8) is 0 Å². The highest BCUT2D eigenvalue weighted by molar-refractivity contribution is 5.61. The van der Waals surface area contributed by atoms with Gasteiger partial charge in [-0.3, -0.25) is 0 Å². The molecule has 4 nitrogen and oxygen atoms in total. The molecule has 0 amide bonds. The van der Waals surface area contributed by atoms with Gasteiger partial charge >= 0.3 is 0 Å². The van der Waals surface area contributed by atoms with Crippen LogP contribution in [0.1, 0.15) is 26.7 Å². The molecule has 0 atom stereocenters. The minimum Gasteiger partial charge on any atom is -0.491 e. The smallest absolute Gasteiger partial charge is 0.223 e. The molecule has 1 aliphatic carbocycles. The number of hydrogen-bond donors (Lipinski definition) is 1. The molecule has 104 valence electrons. The van der Waals surface area contributed by atoms with Crippen LogP contribution < -0.4 is 10.1 Å². The number of hydrogen-bond acceptors (Lipinski definition) is 4. The summed E-state index contributed by atoms with van der Waals surface area (Å²) in [5.74, 6) is 1.60. The lowest BCUT2D eigenvalue weighted by Gasteiger charge is -2.10. The molecule has 1 heterocycles. The predicted octanol–water partition coefficient (Wildman–Crippen LogP) is 3.51. The van der Waals surface area contributed by atoms with Crippen LogP contribution in [0.5, 0.6) is 5.75 Å². The molecule has 0 unspecified atom stereocenters. The Balaban J connectivity index is 1.77. The third-order valence-electron chi connectivity index (χ3n) is 3.09. The first-order chi connectivity index (χ1) is 9.70. The van der Waals surface area contributed by atoms with Crippen LogP contribution in [0.4, 0.5) is 5.95 Å². The van der Waals surface area contributed by atoms with E-state index in [0.717, 1.165) is 17.0 Å². The average molecular weight is 269 g/mol. The molecule has 2 aromatic rings. The van der Waals surface area contributed by atoms with Gasteiger partial charge in [-0.05, 0) is 57.0 Å². The van der Waals surface area contributed by atoms with Gasteiger partial charge in [0.25, 0.3) is 0 Å². The maximum atomic E-state index is 5.64. The SMILES string of the molecule is CC(C)Oc1ccc(-c2ccnc(NC3CC3)n2)cc1. The maximum absolute atomic E-state index is 5.64. The van der Waals surface area contributed by atoms with Gasteiger partial charge in [0.2, 0.25) is 5.95 Å². The Kier molecular flexibility index (Phi) is 3.54. The zero-order valence-electron chi connectivity index (χ0n) is 11.8. The zero-order chi connectivity index (χ0) is 13.9. The van der Waals surface area contributed by atoms with Crippen molar-refractivity contribution in [3.8, 4) is 17.0 Å². The van der Waals surface area contributed by atoms with Crippen molar-refractivity contribution in [2.75, 3.05) is 5.32 Å². The molecule has 0 saturated heterocycles. The van der Waals surface area contributed by atoms with Crippen molar-refractivity contribution in [2.45, 2.75) is 38.8 Å². The molecule has 1 aliphatic rings. The van der Waals surface area contributed by atoms with E-state index in [2.05, 4.69) is 15.3 Å². The minimum atomic E-state index is 0.189. The fourth-order valence-electron chi connectivity index (χ4n) is 1.98. The van der Waals surface area contributed by atoms with Crippen LogP contribution in [0.2, 0.25) is 0 Å². The first kappa shape index (κ1) is 12.9. The van der Waals surface area contributed by atoms with E-state index in [1.807, 2.05) is 44.2 Å². The second-order valence-corrected chi connectivity index (χ2v) is 5.38. The number of nitrogens with zero attached hydrogens (tertiary/aromatic N) is 2. The normalized spacial score (nSPS) is 14.3. The van der Waals surface area contributed by atoms with Gasteiger partial charge in [0.1, 0.15) is 5.75 Å². The molecule has 0 radical (unpaired) electrons. The number of benzene rings is 1. The molecule has 0 aliphatic heterocycles. The predicted molar refractivity (Wildman–Crippen MR) is 79.9 cm³/mol. The van der Waals surface area contributed by atoms with Crippen molar-refractivity contribution in [2.24, 2.45) is 0 Å². The van der Waals surface area contributed by atoms with Crippen molar-refractivity contribution in [1.29, 1.82) is 0 Å². The second kappa shape index (κ2) is 5.49. The summed E-state index contributed by atoms with van der Waals surface area (Å²) in [5, 5.41) is 3.32. The lowest BCUT2D eigenvalue weighted by molar-refractivity contribution is 0.242. The van der Waals surface area contributed by atoms with E-state index in [1.165, 1.54) is 12.8 Å². The molecule has 1 fully saturated rings. The third-order valence-corrected chi connectivity index (χ3v) is 3.09. The molecular weight excluding hydrogens is 250 g/mol. The van der Waals surface area contributed by atoms with Crippen molar-refractivity contribution in [3.05, 3.63) is 36.5 Å². The first-order valence-electron chi connectivity index (χ1n) is 7.07. The van der Waals surface area contributed by atoms with Gasteiger partial charge in [-0.15, -0.1) is 0 Å². The lowest BCUT2D eigenvalue weighted by Crippen LogP contribution is -2.06. The average Bonchev–Trinajstić information content (AvgIpc) is 3.23. The van der Waals surface area contributed by atoms with Crippen molar-refractivity contribution < 1.29 is 4.74 Å². The van der Waals surface area contributed by atoms with Gasteiger partial charge < -0.3 is 10.1 Å². The Bertz CT molecular complexity index is 577. The highest BCUT2D eigenvalue weighted by Crippen LogP contribution is 2.25. The fraction of sp³-hybridized carbons (Fsp3) is 0.375. The van der Waals surface area contributed by atoms with Gasteiger partial charge in [-0.25, -0.2) is 9.97 Å². The van der Waals surface area contributed by atoms with Crippen LogP contribution in [-0.4, -0.2) is 22.1 Å². The molecule has 20 heavy (non-hydrogen) atoms. The van der Waals surface area contributed by atoms with E-state index in [-0.39, 0.29) is 6.10 Å². The lowest BCUT2D eigenvalue weighted by atomic mass is 10.1. The molecular formula is C16H19N3O. The highest BCUT2D eigenvalue weighted by Gasteiger charge is 2.21. The summed E-state index contributed by atoms with van der Waals surface area (Å²) in [4.78, 5) is 8.81. The Morgan fingerprint density at radius 1 is 1.15 bits per heavy atom. The van der Waals surface area contributed by atoms with E-state index in [4.69, 9.17) is 4.74 Å². The Morgan fingerprint density at radius 3 is 2.55 bits per heavy atom. The van der Waals surface area contributed by atoms with Gasteiger partial charge in [0, 0.05) is 17.8 Å². The quantitative estimate of drug-likeness (QED) is 0.902. The monoisotopic (exact) mass is 269 g/mol. The van der Waals surface area contributed by atoms with Gasteiger partial charge in [0.15, 0.2) is 0 Å². The van der Waals surface area contributed by atoms with Crippen LogP contribution in [0.15, 0.2) is 36.5 Å². The second-order valence-electron chi connectivity index (χ2n) is 5.38. The van der Waals surface area contributed by atoms with Gasteiger partial charge in [-0.2, -0.15) is 0 Å². The maximum Gasteiger partial charge on any atom is 0.223 e. The van der Waals surface area contributed by atoms with Crippen LogP contribution in [0.25, 0.3) is 11.3 Å². The summed E-state index contributed by atoms with van der Waals surface area (Å²) < 4.78 is 5.64. The minimum absolute atomic E-state index is 0.189. The van der Waals surface area contributed by atoms with E-state index in [9.17, 15) is 0 Å². The first-order valence-corrected chi connectivity index (χ1v) is 7.07. The van der Waals surface area contributed by atoms with Crippen LogP contribution in [0.3, 0.4) is 0 Å². The Hall–Kier alpha value is -2.10. The zero-order valence-corrected chi connectivity index (χ0v) is 11.8. The Morgan fingerprint density at radius 2 is 1.90 bits per heavy atom. The molecule has 1 aromatic carbocycles. The third kappa shape index (κ3) is 3.26. The largest absolute Gasteiger partial charge is 0.491 e. The summed E-state index contributed by atoms with van der Waals surface area (Å²) in [6.45, 7) is 4.04. The number of anilines is 1. The molecule has 3 rings (SSSR count). The topological polar surface area (TPSA) is 47.0 Å². The van der Waals surface area contributed by atoms with E-state index in [1.54, 1.807) is 6.20 Å². The molecule has 1 aromatic heterocycles. The van der Waals surface area contributed by atoms with Crippen molar-refractivity contribution in [1.82, 2.24) is 9.97 Å². The number of nitrogens with one attached hydrogen (secondary N) is 1. The van der Waals surface area contributed by atoms with E-state index >= 15 is 0 Å².